The third-order valence-electron chi connectivity index (χ3n) is 3.38. The number of hydrogen-bond donors (Lipinski definition) is 1. The minimum absolute atomic E-state index is 0.368. The summed E-state index contributed by atoms with van der Waals surface area (Å²) in [5, 5.41) is 3.38. The molecule has 1 aliphatic heterocycles. The first-order valence-electron chi connectivity index (χ1n) is 7.53. The van der Waals surface area contributed by atoms with E-state index in [0.29, 0.717) is 5.92 Å². The summed E-state index contributed by atoms with van der Waals surface area (Å²) < 4.78 is 5.56. The molecule has 1 aromatic heterocycles. The van der Waals surface area contributed by atoms with Crippen molar-refractivity contribution in [2.24, 2.45) is 0 Å². The van der Waals surface area contributed by atoms with Crippen LogP contribution in [0.2, 0.25) is 0 Å². The minimum Gasteiger partial charge on any atom is -0.381 e. The van der Waals surface area contributed by atoms with Gasteiger partial charge in [-0.05, 0) is 25.7 Å². The molecule has 0 saturated carbocycles. The van der Waals surface area contributed by atoms with Crippen LogP contribution in [0.5, 0.6) is 0 Å². The number of rotatable bonds is 6. The van der Waals surface area contributed by atoms with Crippen LogP contribution in [0.1, 0.15) is 57.0 Å². The largest absolute Gasteiger partial charge is 0.381 e. The molecule has 106 valence electrons. The second-order valence-electron chi connectivity index (χ2n) is 5.19. The quantitative estimate of drug-likeness (QED) is 0.856. The molecule has 0 aromatic carbocycles. The maximum Gasteiger partial charge on any atom is 0.136 e. The molecule has 0 spiro atoms. The van der Waals surface area contributed by atoms with Gasteiger partial charge in [0.2, 0.25) is 0 Å². The van der Waals surface area contributed by atoms with Crippen molar-refractivity contribution < 1.29 is 4.74 Å². The molecule has 1 unspecified atom stereocenters. The van der Waals surface area contributed by atoms with Gasteiger partial charge in [-0.1, -0.05) is 20.3 Å². The van der Waals surface area contributed by atoms with Crippen molar-refractivity contribution in [2.75, 3.05) is 25.1 Å². The predicted molar refractivity (Wildman–Crippen MR) is 77.6 cm³/mol. The molecule has 1 aliphatic rings. The van der Waals surface area contributed by atoms with E-state index in [9.17, 15) is 0 Å². The summed E-state index contributed by atoms with van der Waals surface area (Å²) in [4.78, 5) is 9.40. The molecule has 0 aliphatic carbocycles. The maximum atomic E-state index is 5.56. The SMILES string of the molecule is CCCNc1cc(CCC)nc(C2CCCOC2)n1. The number of anilines is 1. The van der Waals surface area contributed by atoms with Crippen molar-refractivity contribution in [3.8, 4) is 0 Å². The van der Waals surface area contributed by atoms with Gasteiger partial charge in [0.25, 0.3) is 0 Å². The van der Waals surface area contributed by atoms with Crippen LogP contribution in [0.15, 0.2) is 6.07 Å². The van der Waals surface area contributed by atoms with E-state index >= 15 is 0 Å². The van der Waals surface area contributed by atoms with Crippen molar-refractivity contribution in [1.29, 1.82) is 0 Å². The number of hydrogen-bond acceptors (Lipinski definition) is 4. The molecule has 4 nitrogen and oxygen atoms in total. The van der Waals surface area contributed by atoms with Gasteiger partial charge in [0, 0.05) is 30.8 Å². The first kappa shape index (κ1) is 14.3. The Hall–Kier alpha value is -1.16. The highest BCUT2D eigenvalue weighted by atomic mass is 16.5. The predicted octanol–water partition coefficient (Wildman–Crippen LogP) is 3.15. The Kier molecular flexibility index (Phi) is 5.58. The van der Waals surface area contributed by atoms with Crippen LogP contribution in [0.3, 0.4) is 0 Å². The first-order chi connectivity index (χ1) is 9.33. The lowest BCUT2D eigenvalue weighted by Crippen LogP contribution is -2.19. The van der Waals surface area contributed by atoms with Crippen molar-refractivity contribution in [1.82, 2.24) is 9.97 Å². The fourth-order valence-electron chi connectivity index (χ4n) is 2.37. The van der Waals surface area contributed by atoms with Crippen molar-refractivity contribution in [3.63, 3.8) is 0 Å². The smallest absolute Gasteiger partial charge is 0.136 e. The minimum atomic E-state index is 0.368. The fraction of sp³-hybridized carbons (Fsp3) is 0.733. The third-order valence-corrected chi connectivity index (χ3v) is 3.38. The summed E-state index contributed by atoms with van der Waals surface area (Å²) >= 11 is 0. The van der Waals surface area contributed by atoms with Crippen molar-refractivity contribution in [2.45, 2.75) is 51.9 Å². The monoisotopic (exact) mass is 263 g/mol. The zero-order valence-corrected chi connectivity index (χ0v) is 12.1. The molecule has 0 bridgehead atoms. The van der Waals surface area contributed by atoms with Crippen LogP contribution < -0.4 is 5.32 Å². The molecule has 1 atom stereocenters. The molecule has 1 aromatic rings. The molecule has 1 N–H and O–H groups in total. The summed E-state index contributed by atoms with van der Waals surface area (Å²) in [5.74, 6) is 2.30. The van der Waals surface area contributed by atoms with Gasteiger partial charge in [0.15, 0.2) is 0 Å². The second kappa shape index (κ2) is 7.43. The van der Waals surface area contributed by atoms with Gasteiger partial charge in [0.1, 0.15) is 11.6 Å². The summed E-state index contributed by atoms with van der Waals surface area (Å²) in [7, 11) is 0. The van der Waals surface area contributed by atoms with Crippen LogP contribution >= 0.6 is 0 Å². The fourth-order valence-corrected chi connectivity index (χ4v) is 2.37. The van der Waals surface area contributed by atoms with E-state index in [4.69, 9.17) is 9.72 Å². The lowest BCUT2D eigenvalue weighted by Gasteiger charge is -2.21. The Labute approximate surface area is 116 Å². The number of aryl methyl sites for hydroxylation is 1. The van der Waals surface area contributed by atoms with Crippen molar-refractivity contribution >= 4 is 5.82 Å². The summed E-state index contributed by atoms with van der Waals surface area (Å²) in [6.45, 7) is 6.96. The molecule has 4 heteroatoms. The average Bonchev–Trinajstić information content (AvgIpc) is 2.46. The highest BCUT2D eigenvalue weighted by Gasteiger charge is 2.19. The topological polar surface area (TPSA) is 47.0 Å². The Balaban J connectivity index is 2.17. The highest BCUT2D eigenvalue weighted by Crippen LogP contribution is 2.24. The summed E-state index contributed by atoms with van der Waals surface area (Å²) in [6, 6.07) is 2.09. The van der Waals surface area contributed by atoms with Gasteiger partial charge in [0.05, 0.1) is 6.61 Å². The highest BCUT2D eigenvalue weighted by molar-refractivity contribution is 5.36. The van der Waals surface area contributed by atoms with Gasteiger partial charge in [-0.15, -0.1) is 0 Å². The van der Waals surface area contributed by atoms with E-state index in [1.165, 1.54) is 0 Å². The molecule has 19 heavy (non-hydrogen) atoms. The molecule has 1 saturated heterocycles. The number of ether oxygens (including phenoxy) is 1. The number of nitrogens with one attached hydrogen (secondary N) is 1. The van der Waals surface area contributed by atoms with E-state index < -0.39 is 0 Å². The first-order valence-corrected chi connectivity index (χ1v) is 7.53. The molecule has 2 rings (SSSR count). The van der Waals surface area contributed by atoms with Gasteiger partial charge >= 0.3 is 0 Å². The van der Waals surface area contributed by atoms with Crippen LogP contribution in [0.4, 0.5) is 5.82 Å². The van der Waals surface area contributed by atoms with E-state index in [2.05, 4.69) is 30.2 Å². The molecular formula is C15H25N3O. The molecule has 1 fully saturated rings. The van der Waals surface area contributed by atoms with E-state index in [1.807, 2.05) is 0 Å². The lowest BCUT2D eigenvalue weighted by atomic mass is 10.0. The van der Waals surface area contributed by atoms with Crippen LogP contribution in [0, 0.1) is 0 Å². The van der Waals surface area contributed by atoms with E-state index in [1.54, 1.807) is 0 Å². The normalized spacial score (nSPS) is 19.4. The maximum absolute atomic E-state index is 5.56. The molecule has 2 heterocycles. The van der Waals surface area contributed by atoms with E-state index in [0.717, 1.165) is 69.2 Å². The van der Waals surface area contributed by atoms with Crippen LogP contribution in [-0.4, -0.2) is 29.7 Å². The Morgan fingerprint density at radius 2 is 2.21 bits per heavy atom. The second-order valence-corrected chi connectivity index (χ2v) is 5.19. The van der Waals surface area contributed by atoms with Gasteiger partial charge in [-0.2, -0.15) is 0 Å². The van der Waals surface area contributed by atoms with Crippen molar-refractivity contribution in [3.05, 3.63) is 17.6 Å². The zero-order valence-electron chi connectivity index (χ0n) is 12.1. The van der Waals surface area contributed by atoms with Gasteiger partial charge < -0.3 is 10.1 Å². The van der Waals surface area contributed by atoms with E-state index in [-0.39, 0.29) is 0 Å². The van der Waals surface area contributed by atoms with Crippen LogP contribution in [-0.2, 0) is 11.2 Å². The van der Waals surface area contributed by atoms with Crippen LogP contribution in [0.25, 0.3) is 0 Å². The zero-order chi connectivity index (χ0) is 13.5. The lowest BCUT2D eigenvalue weighted by molar-refractivity contribution is 0.0780. The number of aromatic nitrogens is 2. The summed E-state index contributed by atoms with van der Waals surface area (Å²) in [6.07, 6.45) is 5.50. The molecule has 0 radical (unpaired) electrons. The Morgan fingerprint density at radius 3 is 2.89 bits per heavy atom. The molecular weight excluding hydrogens is 238 g/mol. The molecule has 0 amide bonds. The third kappa shape index (κ3) is 4.16. The summed E-state index contributed by atoms with van der Waals surface area (Å²) in [5.41, 5.74) is 1.15. The Morgan fingerprint density at radius 1 is 1.32 bits per heavy atom. The number of nitrogens with zero attached hydrogens (tertiary/aromatic N) is 2. The standard InChI is InChI=1S/C15H25N3O/c1-3-6-13-10-14(16-8-4-2)18-15(17-13)12-7-5-9-19-11-12/h10,12H,3-9,11H2,1-2H3,(H,16,17,18). The van der Waals surface area contributed by atoms with Gasteiger partial charge in [-0.25, -0.2) is 9.97 Å². The Bertz CT molecular complexity index is 389. The van der Waals surface area contributed by atoms with Gasteiger partial charge in [-0.3, -0.25) is 0 Å². The average molecular weight is 263 g/mol.